The van der Waals surface area contributed by atoms with E-state index in [1.165, 1.54) is 12.1 Å². The van der Waals surface area contributed by atoms with Gasteiger partial charge in [-0.25, -0.2) is 4.79 Å². The minimum Gasteiger partial charge on any atom is -0.467 e. The highest BCUT2D eigenvalue weighted by Crippen LogP contribution is 2.32. The maximum atomic E-state index is 12.2. The molecule has 0 N–H and O–H groups in total. The van der Waals surface area contributed by atoms with Gasteiger partial charge in [0.2, 0.25) is 0 Å². The van der Waals surface area contributed by atoms with Crippen LogP contribution in [0.1, 0.15) is 21.5 Å². The van der Waals surface area contributed by atoms with Crippen molar-refractivity contribution in [3.63, 3.8) is 0 Å². The van der Waals surface area contributed by atoms with Gasteiger partial charge in [0, 0.05) is 28.3 Å². The summed E-state index contributed by atoms with van der Waals surface area (Å²) in [5.74, 6) is -0.233. The van der Waals surface area contributed by atoms with Crippen molar-refractivity contribution in [2.75, 3.05) is 6.79 Å². The maximum absolute atomic E-state index is 12.2. The molecule has 7 nitrogen and oxygen atoms in total. The molecule has 0 amide bonds. The van der Waals surface area contributed by atoms with Crippen molar-refractivity contribution < 1.29 is 23.9 Å². The molecular weight excluding hydrogens is 373 g/mol. The highest BCUT2D eigenvalue weighted by molar-refractivity contribution is 6.33. The summed E-state index contributed by atoms with van der Waals surface area (Å²) in [4.78, 5) is 22.5. The number of carbonyl (C=O) groups excluding carboxylic acids is 1. The zero-order valence-corrected chi connectivity index (χ0v) is 14.2. The smallest absolute Gasteiger partial charge is 0.340 e. The summed E-state index contributed by atoms with van der Waals surface area (Å²) in [5, 5.41) is 11.3. The van der Waals surface area contributed by atoms with E-state index >= 15 is 0 Å². The first kappa shape index (κ1) is 17.5. The van der Waals surface area contributed by atoms with E-state index in [4.69, 9.17) is 37.4 Å². The van der Waals surface area contributed by atoms with Crippen molar-refractivity contribution in [1.29, 1.82) is 0 Å². The van der Waals surface area contributed by atoms with Gasteiger partial charge in [-0.15, -0.1) is 0 Å². The van der Waals surface area contributed by atoms with E-state index in [1.54, 1.807) is 12.1 Å². The van der Waals surface area contributed by atoms with Gasteiger partial charge in [-0.2, -0.15) is 0 Å². The Labute approximate surface area is 152 Å². The van der Waals surface area contributed by atoms with Gasteiger partial charge in [-0.1, -0.05) is 23.2 Å². The van der Waals surface area contributed by atoms with Gasteiger partial charge in [-0.3, -0.25) is 10.1 Å². The lowest BCUT2D eigenvalue weighted by molar-refractivity contribution is -0.384. The van der Waals surface area contributed by atoms with Crippen LogP contribution in [-0.2, 0) is 22.7 Å². The Hall–Kier alpha value is -2.35. The standard InChI is InChI=1S/C16H11Cl2NO6/c17-11-3-9-6-23-8-25-15(9)10(4-11)7-24-16(20)13-5-12(19(21)22)1-2-14(13)18/h1-5H,6-8H2. The molecule has 0 spiro atoms. The molecule has 0 bridgehead atoms. The van der Waals surface area contributed by atoms with Crippen LogP contribution in [0.3, 0.4) is 0 Å². The monoisotopic (exact) mass is 383 g/mol. The van der Waals surface area contributed by atoms with Crippen molar-refractivity contribution in [3.05, 3.63) is 67.2 Å². The number of nitro groups is 1. The third-order valence-electron chi connectivity index (χ3n) is 3.49. The molecule has 0 fully saturated rings. The summed E-state index contributed by atoms with van der Waals surface area (Å²) in [7, 11) is 0. The fourth-order valence-electron chi connectivity index (χ4n) is 2.37. The minimum atomic E-state index is -0.783. The Kier molecular flexibility index (Phi) is 5.08. The Morgan fingerprint density at radius 2 is 2.08 bits per heavy atom. The summed E-state index contributed by atoms with van der Waals surface area (Å²) in [6, 6.07) is 6.88. The van der Waals surface area contributed by atoms with E-state index in [1.807, 2.05) is 0 Å². The molecule has 25 heavy (non-hydrogen) atoms. The number of hydrogen-bond donors (Lipinski definition) is 0. The molecule has 0 unspecified atom stereocenters. The first-order valence-corrected chi connectivity index (χ1v) is 7.84. The Bertz CT molecular complexity index is 855. The highest BCUT2D eigenvalue weighted by atomic mass is 35.5. The molecule has 0 saturated carbocycles. The molecule has 130 valence electrons. The first-order chi connectivity index (χ1) is 12.0. The number of fused-ring (bicyclic) bond motifs is 1. The van der Waals surface area contributed by atoms with Gasteiger partial charge >= 0.3 is 5.97 Å². The van der Waals surface area contributed by atoms with Gasteiger partial charge in [0.1, 0.15) is 12.4 Å². The average Bonchev–Trinajstić information content (AvgIpc) is 2.59. The first-order valence-electron chi connectivity index (χ1n) is 7.08. The summed E-state index contributed by atoms with van der Waals surface area (Å²) in [5.41, 5.74) is 0.979. The van der Waals surface area contributed by atoms with Crippen LogP contribution in [0.5, 0.6) is 5.75 Å². The molecule has 2 aromatic rings. The topological polar surface area (TPSA) is 87.9 Å². The number of ether oxygens (including phenoxy) is 3. The van der Waals surface area contributed by atoms with Gasteiger partial charge in [0.15, 0.2) is 6.79 Å². The number of hydrogen-bond acceptors (Lipinski definition) is 6. The van der Waals surface area contributed by atoms with Gasteiger partial charge in [0.25, 0.3) is 5.69 Å². The summed E-state index contributed by atoms with van der Waals surface area (Å²) < 4.78 is 15.8. The predicted octanol–water partition coefficient (Wildman–Crippen LogP) is 4.13. The number of carbonyl (C=O) groups is 1. The molecule has 3 rings (SSSR count). The third-order valence-corrected chi connectivity index (χ3v) is 4.04. The van der Waals surface area contributed by atoms with Crippen LogP contribution in [0.2, 0.25) is 10.0 Å². The molecular formula is C16H11Cl2NO6. The van der Waals surface area contributed by atoms with Crippen LogP contribution in [0.25, 0.3) is 0 Å². The normalized spacial score (nSPS) is 12.9. The van der Waals surface area contributed by atoms with Crippen LogP contribution in [0.4, 0.5) is 5.69 Å². The number of esters is 1. The van der Waals surface area contributed by atoms with Crippen molar-refractivity contribution in [2.45, 2.75) is 13.2 Å². The largest absolute Gasteiger partial charge is 0.467 e. The molecule has 0 radical (unpaired) electrons. The zero-order chi connectivity index (χ0) is 18.0. The van der Waals surface area contributed by atoms with Gasteiger partial charge in [0.05, 0.1) is 22.1 Å². The second kappa shape index (κ2) is 7.26. The van der Waals surface area contributed by atoms with Crippen LogP contribution >= 0.6 is 23.2 Å². The molecule has 1 aliphatic heterocycles. The zero-order valence-electron chi connectivity index (χ0n) is 12.7. The lowest BCUT2D eigenvalue weighted by Gasteiger charge is -2.21. The van der Waals surface area contributed by atoms with E-state index in [0.29, 0.717) is 22.9 Å². The Morgan fingerprint density at radius 1 is 1.28 bits per heavy atom. The van der Waals surface area contributed by atoms with Crippen LogP contribution in [0.15, 0.2) is 30.3 Å². The number of rotatable bonds is 4. The van der Waals surface area contributed by atoms with Crippen LogP contribution in [-0.4, -0.2) is 17.7 Å². The Balaban J connectivity index is 1.81. The third kappa shape index (κ3) is 3.84. The van der Waals surface area contributed by atoms with E-state index in [-0.39, 0.29) is 29.7 Å². The van der Waals surface area contributed by atoms with Crippen LogP contribution in [0, 0.1) is 10.1 Å². The molecule has 0 saturated heterocycles. The van der Waals surface area contributed by atoms with Gasteiger partial charge in [-0.05, 0) is 18.2 Å². The lowest BCUT2D eigenvalue weighted by Crippen LogP contribution is -2.14. The predicted molar refractivity (Wildman–Crippen MR) is 89.0 cm³/mol. The van der Waals surface area contributed by atoms with Crippen molar-refractivity contribution in [2.24, 2.45) is 0 Å². The number of benzene rings is 2. The average molecular weight is 384 g/mol. The molecule has 1 heterocycles. The molecule has 0 aliphatic carbocycles. The number of nitro benzene ring substituents is 1. The summed E-state index contributed by atoms with van der Waals surface area (Å²) in [6.07, 6.45) is 0. The number of halogens is 2. The fourth-order valence-corrected chi connectivity index (χ4v) is 2.83. The summed E-state index contributed by atoms with van der Waals surface area (Å²) >= 11 is 12.0. The summed E-state index contributed by atoms with van der Waals surface area (Å²) in [6.45, 7) is 0.306. The van der Waals surface area contributed by atoms with Crippen molar-refractivity contribution >= 4 is 34.9 Å². The maximum Gasteiger partial charge on any atom is 0.340 e. The van der Waals surface area contributed by atoms with Crippen LogP contribution < -0.4 is 4.74 Å². The minimum absolute atomic E-state index is 0.0633. The van der Waals surface area contributed by atoms with Crippen molar-refractivity contribution in [3.8, 4) is 5.75 Å². The quantitative estimate of drug-likeness (QED) is 0.448. The van der Waals surface area contributed by atoms with Crippen molar-refractivity contribution in [1.82, 2.24) is 0 Å². The molecule has 2 aromatic carbocycles. The highest BCUT2D eigenvalue weighted by Gasteiger charge is 2.20. The van der Waals surface area contributed by atoms with Gasteiger partial charge < -0.3 is 14.2 Å². The molecule has 0 aromatic heterocycles. The molecule has 1 aliphatic rings. The Morgan fingerprint density at radius 3 is 2.84 bits per heavy atom. The second-order valence-electron chi connectivity index (χ2n) is 5.16. The lowest BCUT2D eigenvalue weighted by atomic mass is 10.1. The molecule has 0 atom stereocenters. The number of nitrogens with zero attached hydrogens (tertiary/aromatic N) is 1. The molecule has 9 heteroatoms. The van der Waals surface area contributed by atoms with E-state index < -0.39 is 10.9 Å². The van der Waals surface area contributed by atoms with E-state index in [2.05, 4.69) is 0 Å². The van der Waals surface area contributed by atoms with E-state index in [0.717, 1.165) is 11.6 Å². The number of non-ortho nitro benzene ring substituents is 1. The fraction of sp³-hybridized carbons (Fsp3) is 0.188. The van der Waals surface area contributed by atoms with E-state index in [9.17, 15) is 14.9 Å². The SMILES string of the molecule is O=C(OCc1cc(Cl)cc2c1OCOC2)c1cc([N+](=O)[O-])ccc1Cl. The second-order valence-corrected chi connectivity index (χ2v) is 6.00.